The maximum Gasteiger partial charge on any atom is 0.251 e. The summed E-state index contributed by atoms with van der Waals surface area (Å²) in [5.41, 5.74) is 0.781. The zero-order valence-electron chi connectivity index (χ0n) is 12.4. The Morgan fingerprint density at radius 1 is 1.14 bits per heavy atom. The second-order valence-corrected chi connectivity index (χ2v) is 6.71. The van der Waals surface area contributed by atoms with Gasteiger partial charge in [0.15, 0.2) is 11.6 Å². The van der Waals surface area contributed by atoms with Crippen LogP contribution >= 0.6 is 15.9 Å². The molecule has 0 unspecified atom stereocenters. The molecule has 0 spiro atoms. The van der Waals surface area contributed by atoms with Crippen molar-refractivity contribution in [3.8, 4) is 11.3 Å². The average Bonchev–Trinajstić information content (AvgIpc) is 2.39. The fourth-order valence-electron chi connectivity index (χ4n) is 1.84. The number of carbonyl (C=O) groups is 1. The van der Waals surface area contributed by atoms with E-state index in [4.69, 9.17) is 0 Å². The number of hydrogen-bond donors (Lipinski definition) is 1. The Morgan fingerprint density at radius 3 is 2.41 bits per heavy atom. The Balaban J connectivity index is 2.42. The van der Waals surface area contributed by atoms with Gasteiger partial charge < -0.3 is 5.32 Å². The van der Waals surface area contributed by atoms with Crippen molar-refractivity contribution >= 4 is 21.8 Å². The molecule has 1 heterocycles. The van der Waals surface area contributed by atoms with Crippen molar-refractivity contribution in [3.05, 3.63) is 52.1 Å². The molecule has 0 aliphatic carbocycles. The number of hydrogen-bond acceptors (Lipinski definition) is 2. The summed E-state index contributed by atoms with van der Waals surface area (Å²) in [6.07, 6.45) is 0. The Labute approximate surface area is 135 Å². The van der Waals surface area contributed by atoms with E-state index in [-0.39, 0.29) is 11.4 Å². The highest BCUT2D eigenvalue weighted by atomic mass is 79.9. The van der Waals surface area contributed by atoms with E-state index in [1.54, 1.807) is 12.1 Å². The summed E-state index contributed by atoms with van der Waals surface area (Å²) in [5.74, 6) is -2.15. The lowest BCUT2D eigenvalue weighted by Crippen LogP contribution is -2.40. The van der Waals surface area contributed by atoms with Crippen LogP contribution in [0.25, 0.3) is 11.3 Å². The molecule has 0 radical (unpaired) electrons. The second-order valence-electron chi connectivity index (χ2n) is 5.90. The predicted octanol–water partition coefficient (Wildman–Crippen LogP) is 4.32. The number of nitrogens with zero attached hydrogens (tertiary/aromatic N) is 1. The summed E-state index contributed by atoms with van der Waals surface area (Å²) in [4.78, 5) is 16.4. The molecule has 0 bridgehead atoms. The first-order valence-electron chi connectivity index (χ1n) is 6.61. The van der Waals surface area contributed by atoms with Crippen LogP contribution in [0.1, 0.15) is 31.1 Å². The highest BCUT2D eigenvalue weighted by molar-refractivity contribution is 9.10. The standard InChI is InChI=1S/C16H15BrF2N2O/c1-16(2,3)21-15(22)10-7-13(20-14(17)8-10)9-4-5-11(18)12(19)6-9/h4-8H,1-3H3,(H,21,22). The van der Waals surface area contributed by atoms with Gasteiger partial charge in [-0.25, -0.2) is 13.8 Å². The largest absolute Gasteiger partial charge is 0.347 e. The van der Waals surface area contributed by atoms with Gasteiger partial charge >= 0.3 is 0 Å². The van der Waals surface area contributed by atoms with Crippen molar-refractivity contribution < 1.29 is 13.6 Å². The lowest BCUT2D eigenvalue weighted by molar-refractivity contribution is 0.0919. The van der Waals surface area contributed by atoms with Crippen molar-refractivity contribution in [1.29, 1.82) is 0 Å². The smallest absolute Gasteiger partial charge is 0.251 e. The number of pyridine rings is 1. The van der Waals surface area contributed by atoms with Gasteiger partial charge in [0.25, 0.3) is 5.91 Å². The lowest BCUT2D eigenvalue weighted by atomic mass is 10.1. The van der Waals surface area contributed by atoms with Crippen LogP contribution in [0.5, 0.6) is 0 Å². The third-order valence-electron chi connectivity index (χ3n) is 2.76. The first-order chi connectivity index (χ1) is 10.2. The molecule has 0 atom stereocenters. The molecule has 6 heteroatoms. The highest BCUT2D eigenvalue weighted by Crippen LogP contribution is 2.23. The SMILES string of the molecule is CC(C)(C)NC(=O)c1cc(Br)nc(-c2ccc(F)c(F)c2)c1. The molecule has 0 saturated carbocycles. The minimum atomic E-state index is -0.958. The van der Waals surface area contributed by atoms with Crippen LogP contribution in [0.4, 0.5) is 8.78 Å². The molecule has 22 heavy (non-hydrogen) atoms. The summed E-state index contributed by atoms with van der Waals surface area (Å²) >= 11 is 3.23. The molecule has 1 N–H and O–H groups in total. The zero-order valence-corrected chi connectivity index (χ0v) is 14.0. The Hall–Kier alpha value is -1.82. The quantitative estimate of drug-likeness (QED) is 0.802. The summed E-state index contributed by atoms with van der Waals surface area (Å²) in [7, 11) is 0. The van der Waals surface area contributed by atoms with Gasteiger partial charge in [-0.3, -0.25) is 4.79 Å². The van der Waals surface area contributed by atoms with Gasteiger partial charge in [-0.05, 0) is 67.0 Å². The fraction of sp³-hybridized carbons (Fsp3) is 0.250. The Morgan fingerprint density at radius 2 is 1.82 bits per heavy atom. The Bertz CT molecular complexity index is 727. The van der Waals surface area contributed by atoms with Crippen molar-refractivity contribution in [2.24, 2.45) is 0 Å². The molecular formula is C16H15BrF2N2O. The maximum atomic E-state index is 13.4. The molecule has 116 valence electrons. The predicted molar refractivity (Wildman–Crippen MR) is 84.5 cm³/mol. The minimum absolute atomic E-state index is 0.264. The molecule has 3 nitrogen and oxygen atoms in total. The molecule has 0 aliphatic heterocycles. The number of aromatic nitrogens is 1. The van der Waals surface area contributed by atoms with E-state index >= 15 is 0 Å². The van der Waals surface area contributed by atoms with E-state index in [0.29, 0.717) is 21.4 Å². The van der Waals surface area contributed by atoms with Gasteiger partial charge in [-0.2, -0.15) is 0 Å². The number of benzene rings is 1. The number of nitrogens with one attached hydrogen (secondary N) is 1. The van der Waals surface area contributed by atoms with Crippen LogP contribution in [-0.4, -0.2) is 16.4 Å². The average molecular weight is 369 g/mol. The third-order valence-corrected chi connectivity index (χ3v) is 3.17. The molecule has 0 saturated heterocycles. The Kier molecular flexibility index (Phi) is 4.60. The minimum Gasteiger partial charge on any atom is -0.347 e. The van der Waals surface area contributed by atoms with Crippen LogP contribution < -0.4 is 5.32 Å². The number of carbonyl (C=O) groups excluding carboxylic acids is 1. The summed E-state index contributed by atoms with van der Waals surface area (Å²) in [6, 6.07) is 6.61. The van der Waals surface area contributed by atoms with Crippen LogP contribution in [0.2, 0.25) is 0 Å². The van der Waals surface area contributed by atoms with Gasteiger partial charge in [0.05, 0.1) is 5.69 Å². The molecular weight excluding hydrogens is 354 g/mol. The normalized spacial score (nSPS) is 11.4. The zero-order chi connectivity index (χ0) is 16.5. The van der Waals surface area contributed by atoms with Gasteiger partial charge in [-0.1, -0.05) is 0 Å². The first-order valence-corrected chi connectivity index (χ1v) is 7.40. The molecule has 0 aliphatic rings. The van der Waals surface area contributed by atoms with Gasteiger partial charge in [-0.15, -0.1) is 0 Å². The topological polar surface area (TPSA) is 42.0 Å². The third kappa shape index (κ3) is 4.10. The van der Waals surface area contributed by atoms with E-state index in [2.05, 4.69) is 26.2 Å². The van der Waals surface area contributed by atoms with Crippen molar-refractivity contribution in [2.45, 2.75) is 26.3 Å². The number of rotatable bonds is 2. The maximum absolute atomic E-state index is 13.4. The van der Waals surface area contributed by atoms with Crippen molar-refractivity contribution in [3.63, 3.8) is 0 Å². The van der Waals surface area contributed by atoms with Gasteiger partial charge in [0.2, 0.25) is 0 Å². The van der Waals surface area contributed by atoms with Gasteiger partial charge in [0.1, 0.15) is 4.60 Å². The van der Waals surface area contributed by atoms with Crippen LogP contribution in [0, 0.1) is 11.6 Å². The van der Waals surface area contributed by atoms with Gasteiger partial charge in [0, 0.05) is 16.7 Å². The summed E-state index contributed by atoms with van der Waals surface area (Å²) in [5, 5.41) is 2.84. The lowest BCUT2D eigenvalue weighted by Gasteiger charge is -2.20. The molecule has 1 aromatic heterocycles. The van der Waals surface area contributed by atoms with Crippen molar-refractivity contribution in [1.82, 2.24) is 10.3 Å². The molecule has 1 aromatic carbocycles. The monoisotopic (exact) mass is 368 g/mol. The van der Waals surface area contributed by atoms with E-state index in [0.717, 1.165) is 12.1 Å². The highest BCUT2D eigenvalue weighted by Gasteiger charge is 2.17. The summed E-state index contributed by atoms with van der Waals surface area (Å²) < 4.78 is 26.8. The fourth-order valence-corrected chi connectivity index (χ4v) is 2.28. The number of halogens is 3. The van der Waals surface area contributed by atoms with Crippen LogP contribution in [0.3, 0.4) is 0 Å². The molecule has 0 fully saturated rings. The van der Waals surface area contributed by atoms with Crippen LogP contribution in [0.15, 0.2) is 34.9 Å². The van der Waals surface area contributed by atoms with Crippen molar-refractivity contribution in [2.75, 3.05) is 0 Å². The van der Waals surface area contributed by atoms with E-state index in [1.807, 2.05) is 20.8 Å². The van der Waals surface area contributed by atoms with E-state index in [1.165, 1.54) is 6.07 Å². The van der Waals surface area contributed by atoms with E-state index < -0.39 is 11.6 Å². The first kappa shape index (κ1) is 16.5. The number of amides is 1. The molecule has 2 aromatic rings. The van der Waals surface area contributed by atoms with E-state index in [9.17, 15) is 13.6 Å². The summed E-state index contributed by atoms with van der Waals surface area (Å²) in [6.45, 7) is 5.62. The molecule has 2 rings (SSSR count). The second kappa shape index (κ2) is 6.12. The molecule has 1 amide bonds. The van der Waals surface area contributed by atoms with Crippen LogP contribution in [-0.2, 0) is 0 Å².